The molecule has 0 bridgehead atoms. The first-order valence-electron chi connectivity index (χ1n) is 5.54. The summed E-state index contributed by atoms with van der Waals surface area (Å²) < 4.78 is 12.8. The summed E-state index contributed by atoms with van der Waals surface area (Å²) >= 11 is 0. The molecule has 0 aromatic heterocycles. The summed E-state index contributed by atoms with van der Waals surface area (Å²) in [6, 6.07) is 4.18. The molecule has 1 aliphatic heterocycles. The molecule has 1 aliphatic rings. The van der Waals surface area contributed by atoms with Gasteiger partial charge in [0.05, 0.1) is 6.04 Å². The summed E-state index contributed by atoms with van der Waals surface area (Å²) in [6.07, 6.45) is 0. The van der Waals surface area contributed by atoms with Gasteiger partial charge in [-0.1, -0.05) is 12.1 Å². The highest BCUT2D eigenvalue weighted by Crippen LogP contribution is 2.22. The predicted octanol–water partition coefficient (Wildman–Crippen LogP) is 1.37. The van der Waals surface area contributed by atoms with Gasteiger partial charge in [-0.05, 0) is 24.6 Å². The number of carboxylic acid groups (broad SMARTS) is 1. The zero-order valence-electron chi connectivity index (χ0n) is 9.76. The van der Waals surface area contributed by atoms with Crippen molar-refractivity contribution in [1.82, 2.24) is 10.2 Å². The third kappa shape index (κ3) is 2.27. The largest absolute Gasteiger partial charge is 0.480 e. The highest BCUT2D eigenvalue weighted by molar-refractivity contribution is 5.84. The number of carboxylic acids is 1. The first-order chi connectivity index (χ1) is 8.49. The van der Waals surface area contributed by atoms with Gasteiger partial charge in [0.2, 0.25) is 0 Å². The molecular formula is C12H13FN2O3. The average Bonchev–Trinajstić information content (AvgIpc) is 2.71. The maximum absolute atomic E-state index is 12.8. The molecule has 1 aromatic carbocycles. The van der Waals surface area contributed by atoms with Crippen LogP contribution in [-0.2, 0) is 4.79 Å². The van der Waals surface area contributed by atoms with Crippen molar-refractivity contribution in [2.45, 2.75) is 19.0 Å². The van der Waals surface area contributed by atoms with Gasteiger partial charge in [0, 0.05) is 6.54 Å². The van der Waals surface area contributed by atoms with E-state index in [9.17, 15) is 14.0 Å². The molecule has 2 atom stereocenters. The number of carbonyl (C=O) groups excluding carboxylic acids is 1. The molecule has 2 amide bonds. The van der Waals surface area contributed by atoms with Crippen LogP contribution in [0.5, 0.6) is 0 Å². The molecule has 2 rings (SSSR count). The normalized spacial score (nSPS) is 20.7. The first-order valence-corrected chi connectivity index (χ1v) is 5.54. The van der Waals surface area contributed by atoms with E-state index in [-0.39, 0.29) is 18.4 Å². The Morgan fingerprint density at radius 2 is 2.11 bits per heavy atom. The van der Waals surface area contributed by atoms with Crippen molar-refractivity contribution in [2.75, 3.05) is 6.54 Å². The van der Waals surface area contributed by atoms with Gasteiger partial charge < -0.3 is 15.3 Å². The molecule has 1 saturated heterocycles. The van der Waals surface area contributed by atoms with Crippen LogP contribution in [0.2, 0.25) is 0 Å². The van der Waals surface area contributed by atoms with Gasteiger partial charge in [-0.15, -0.1) is 0 Å². The second-order valence-electron chi connectivity index (χ2n) is 4.22. The lowest BCUT2D eigenvalue weighted by Crippen LogP contribution is -2.40. The third-order valence-electron chi connectivity index (χ3n) is 3.04. The highest BCUT2D eigenvalue weighted by Gasteiger charge is 2.35. The minimum Gasteiger partial charge on any atom is -0.480 e. The lowest BCUT2D eigenvalue weighted by molar-refractivity contribution is -0.141. The summed E-state index contributed by atoms with van der Waals surface area (Å²) in [5.41, 5.74) is 0.754. The highest BCUT2D eigenvalue weighted by atomic mass is 19.1. The number of carbonyl (C=O) groups is 2. The van der Waals surface area contributed by atoms with Crippen LogP contribution in [0.3, 0.4) is 0 Å². The molecule has 0 spiro atoms. The summed E-state index contributed by atoms with van der Waals surface area (Å²) in [5.74, 6) is -1.40. The molecule has 0 saturated carbocycles. The number of urea groups is 1. The average molecular weight is 252 g/mol. The Balaban J connectivity index is 2.13. The van der Waals surface area contributed by atoms with Crippen molar-refractivity contribution in [3.8, 4) is 0 Å². The summed E-state index contributed by atoms with van der Waals surface area (Å²) in [5, 5.41) is 11.6. The number of nitrogens with one attached hydrogen (secondary N) is 1. The van der Waals surface area contributed by atoms with Crippen LogP contribution in [0.15, 0.2) is 24.3 Å². The van der Waals surface area contributed by atoms with E-state index in [1.165, 1.54) is 24.0 Å². The van der Waals surface area contributed by atoms with E-state index >= 15 is 0 Å². The monoisotopic (exact) mass is 252 g/mol. The van der Waals surface area contributed by atoms with Crippen LogP contribution < -0.4 is 5.32 Å². The summed E-state index contributed by atoms with van der Waals surface area (Å²) in [4.78, 5) is 23.7. The van der Waals surface area contributed by atoms with Crippen LogP contribution in [0.4, 0.5) is 9.18 Å². The number of benzene rings is 1. The van der Waals surface area contributed by atoms with E-state index in [4.69, 9.17) is 5.11 Å². The Labute approximate surface area is 103 Å². The summed E-state index contributed by atoms with van der Waals surface area (Å²) in [7, 11) is 0. The lowest BCUT2D eigenvalue weighted by atomic mass is 10.1. The van der Waals surface area contributed by atoms with Crippen molar-refractivity contribution in [1.29, 1.82) is 0 Å². The SMILES string of the molecule is CC(C(=O)O)N1CC(c2ccc(F)cc2)NC1=O. The van der Waals surface area contributed by atoms with Crippen molar-refractivity contribution in [3.05, 3.63) is 35.6 Å². The minimum atomic E-state index is -1.05. The Bertz CT molecular complexity index is 475. The Morgan fingerprint density at radius 3 is 2.67 bits per heavy atom. The molecule has 5 nitrogen and oxygen atoms in total. The maximum Gasteiger partial charge on any atom is 0.326 e. The fourth-order valence-electron chi connectivity index (χ4n) is 1.91. The zero-order valence-corrected chi connectivity index (χ0v) is 9.76. The topological polar surface area (TPSA) is 69.6 Å². The number of aliphatic carboxylic acids is 1. The minimum absolute atomic E-state index is 0.262. The molecule has 18 heavy (non-hydrogen) atoms. The predicted molar refractivity (Wildman–Crippen MR) is 61.5 cm³/mol. The van der Waals surface area contributed by atoms with E-state index in [1.54, 1.807) is 12.1 Å². The number of halogens is 1. The van der Waals surface area contributed by atoms with Crippen molar-refractivity contribution < 1.29 is 19.1 Å². The van der Waals surface area contributed by atoms with Gasteiger partial charge in [0.15, 0.2) is 0 Å². The quantitative estimate of drug-likeness (QED) is 0.853. The van der Waals surface area contributed by atoms with E-state index in [2.05, 4.69) is 5.32 Å². The van der Waals surface area contributed by atoms with Crippen molar-refractivity contribution in [2.24, 2.45) is 0 Å². The zero-order chi connectivity index (χ0) is 13.3. The van der Waals surface area contributed by atoms with Gasteiger partial charge in [-0.2, -0.15) is 0 Å². The standard InChI is InChI=1S/C12H13FN2O3/c1-7(11(16)17)15-6-10(14-12(15)18)8-2-4-9(13)5-3-8/h2-5,7,10H,6H2,1H3,(H,14,18)(H,16,17). The fourth-order valence-corrected chi connectivity index (χ4v) is 1.91. The first kappa shape index (κ1) is 12.3. The van der Waals surface area contributed by atoms with Gasteiger partial charge >= 0.3 is 12.0 Å². The third-order valence-corrected chi connectivity index (χ3v) is 3.04. The Morgan fingerprint density at radius 1 is 1.50 bits per heavy atom. The van der Waals surface area contributed by atoms with E-state index < -0.39 is 18.0 Å². The second-order valence-corrected chi connectivity index (χ2v) is 4.22. The van der Waals surface area contributed by atoms with E-state index in [0.29, 0.717) is 0 Å². The van der Waals surface area contributed by atoms with Crippen LogP contribution in [0.1, 0.15) is 18.5 Å². The molecule has 2 unspecified atom stereocenters. The molecule has 1 aromatic rings. The van der Waals surface area contributed by atoms with Crippen LogP contribution in [0.25, 0.3) is 0 Å². The Hall–Kier alpha value is -2.11. The smallest absolute Gasteiger partial charge is 0.326 e. The van der Waals surface area contributed by atoms with Crippen molar-refractivity contribution >= 4 is 12.0 Å². The number of rotatable bonds is 3. The van der Waals surface area contributed by atoms with E-state index in [1.807, 2.05) is 0 Å². The molecule has 1 heterocycles. The molecule has 6 heteroatoms. The molecule has 1 fully saturated rings. The number of hydrogen-bond donors (Lipinski definition) is 2. The van der Waals surface area contributed by atoms with Crippen LogP contribution in [0, 0.1) is 5.82 Å². The second kappa shape index (κ2) is 4.64. The van der Waals surface area contributed by atoms with Crippen LogP contribution in [-0.4, -0.2) is 34.6 Å². The van der Waals surface area contributed by atoms with Gasteiger partial charge in [-0.3, -0.25) is 0 Å². The van der Waals surface area contributed by atoms with E-state index in [0.717, 1.165) is 5.56 Å². The van der Waals surface area contributed by atoms with Gasteiger partial charge in [0.1, 0.15) is 11.9 Å². The molecule has 2 N–H and O–H groups in total. The fraction of sp³-hybridized carbons (Fsp3) is 0.333. The van der Waals surface area contributed by atoms with Crippen molar-refractivity contribution in [3.63, 3.8) is 0 Å². The molecule has 0 radical (unpaired) electrons. The molecular weight excluding hydrogens is 239 g/mol. The van der Waals surface area contributed by atoms with Gasteiger partial charge in [-0.25, -0.2) is 14.0 Å². The Kier molecular flexibility index (Phi) is 3.18. The number of nitrogens with zero attached hydrogens (tertiary/aromatic N) is 1. The number of amides is 2. The number of hydrogen-bond acceptors (Lipinski definition) is 2. The van der Waals surface area contributed by atoms with Gasteiger partial charge in [0.25, 0.3) is 0 Å². The lowest BCUT2D eigenvalue weighted by Gasteiger charge is -2.19. The maximum atomic E-state index is 12.8. The summed E-state index contributed by atoms with van der Waals surface area (Å²) in [6.45, 7) is 1.72. The van der Waals surface area contributed by atoms with Crippen LogP contribution >= 0.6 is 0 Å². The molecule has 0 aliphatic carbocycles. The molecule has 96 valence electrons.